The molecule has 0 aromatic rings. The van der Waals surface area contributed by atoms with Crippen LogP contribution < -0.4 is 11.1 Å². The van der Waals surface area contributed by atoms with E-state index in [1.54, 1.807) is 6.92 Å². The molecule has 0 saturated heterocycles. The molecule has 1 aliphatic carbocycles. The summed E-state index contributed by atoms with van der Waals surface area (Å²) in [6.07, 6.45) is 2.91. The van der Waals surface area contributed by atoms with Crippen LogP contribution in [0.3, 0.4) is 0 Å². The maximum atomic E-state index is 11.7. The van der Waals surface area contributed by atoms with Crippen molar-refractivity contribution in [3.8, 4) is 0 Å². The number of rotatable bonds is 6. The number of Topliss-reactive ketones (excluding diaryl/α,β-unsaturated/α-hetero) is 1. The number of esters is 1. The van der Waals surface area contributed by atoms with Crippen molar-refractivity contribution >= 4 is 29.1 Å². The summed E-state index contributed by atoms with van der Waals surface area (Å²) in [6, 6.07) is 0. The summed E-state index contributed by atoms with van der Waals surface area (Å²) in [5, 5.41) is 3.14. The van der Waals surface area contributed by atoms with E-state index in [2.05, 4.69) is 5.32 Å². The Morgan fingerprint density at radius 2 is 2.33 bits per heavy atom. The third kappa shape index (κ3) is 4.25. The number of ketones is 1. The minimum absolute atomic E-state index is 0.0146. The molecule has 0 aromatic heterocycles. The van der Waals surface area contributed by atoms with Crippen LogP contribution in [-0.2, 0) is 14.3 Å². The number of nitrogens with two attached hydrogens (primary N) is 1. The Morgan fingerprint density at radius 3 is 2.94 bits per heavy atom. The van der Waals surface area contributed by atoms with Gasteiger partial charge in [0.15, 0.2) is 5.11 Å². The van der Waals surface area contributed by atoms with E-state index in [9.17, 15) is 9.59 Å². The van der Waals surface area contributed by atoms with E-state index in [1.165, 1.54) is 0 Å². The number of hydrogen-bond acceptors (Lipinski definition) is 4. The highest BCUT2D eigenvalue weighted by molar-refractivity contribution is 7.80. The zero-order chi connectivity index (χ0) is 13.5. The van der Waals surface area contributed by atoms with Crippen LogP contribution in [0.25, 0.3) is 0 Å². The van der Waals surface area contributed by atoms with Crippen molar-refractivity contribution in [1.29, 1.82) is 0 Å². The molecule has 0 spiro atoms. The molecule has 2 atom stereocenters. The number of hydrogen-bond donors (Lipinski definition) is 2. The van der Waals surface area contributed by atoms with Gasteiger partial charge in [0.2, 0.25) is 0 Å². The first-order chi connectivity index (χ1) is 8.56. The zero-order valence-electron chi connectivity index (χ0n) is 10.6. The molecule has 0 bridgehead atoms. The van der Waals surface area contributed by atoms with Gasteiger partial charge < -0.3 is 15.8 Å². The number of thiocarbonyl (C=S) groups is 1. The van der Waals surface area contributed by atoms with Gasteiger partial charge in [0.1, 0.15) is 11.7 Å². The smallest absolute Gasteiger partial charge is 0.316 e. The topological polar surface area (TPSA) is 81.4 Å². The molecule has 0 amide bonds. The molecule has 0 radical (unpaired) electrons. The van der Waals surface area contributed by atoms with Crippen molar-refractivity contribution in [2.75, 3.05) is 13.2 Å². The van der Waals surface area contributed by atoms with Crippen LogP contribution in [0.4, 0.5) is 0 Å². The highest BCUT2D eigenvalue weighted by Gasteiger charge is 2.40. The van der Waals surface area contributed by atoms with Gasteiger partial charge in [-0.25, -0.2) is 0 Å². The van der Waals surface area contributed by atoms with Crippen molar-refractivity contribution in [2.24, 2.45) is 17.6 Å². The molecule has 1 rings (SSSR count). The molecule has 5 nitrogen and oxygen atoms in total. The van der Waals surface area contributed by atoms with Crippen molar-refractivity contribution < 1.29 is 14.3 Å². The Kier molecular flexibility index (Phi) is 6.04. The van der Waals surface area contributed by atoms with Crippen LogP contribution in [0, 0.1) is 11.8 Å². The second-order valence-corrected chi connectivity index (χ2v) is 4.87. The number of carbonyl (C=O) groups is 2. The molecule has 0 aromatic carbocycles. The zero-order valence-corrected chi connectivity index (χ0v) is 11.4. The Hall–Kier alpha value is -1.17. The highest BCUT2D eigenvalue weighted by Crippen LogP contribution is 2.33. The third-order valence-corrected chi connectivity index (χ3v) is 3.32. The van der Waals surface area contributed by atoms with E-state index in [-0.39, 0.29) is 22.8 Å². The maximum absolute atomic E-state index is 11.7. The van der Waals surface area contributed by atoms with E-state index in [0.29, 0.717) is 19.6 Å². The molecule has 102 valence electrons. The number of nitrogens with one attached hydrogen (secondary N) is 1. The van der Waals surface area contributed by atoms with Gasteiger partial charge in [-0.15, -0.1) is 0 Å². The fourth-order valence-electron chi connectivity index (χ4n) is 2.36. The molecule has 6 heteroatoms. The minimum Gasteiger partial charge on any atom is -0.465 e. The summed E-state index contributed by atoms with van der Waals surface area (Å²) in [5.41, 5.74) is 5.32. The number of carbonyl (C=O) groups excluding carboxylic acids is 2. The van der Waals surface area contributed by atoms with Gasteiger partial charge >= 0.3 is 5.97 Å². The summed E-state index contributed by atoms with van der Waals surface area (Å²) < 4.78 is 4.95. The summed E-state index contributed by atoms with van der Waals surface area (Å²) in [5.74, 6) is -0.812. The normalized spacial score (nSPS) is 22.8. The molecule has 0 heterocycles. The monoisotopic (exact) mass is 272 g/mol. The van der Waals surface area contributed by atoms with Crippen LogP contribution >= 0.6 is 12.2 Å². The standard InChI is InChI=1S/C12H20N2O3S/c1-2-17-11(16)10-8(5-6-9(10)15)4-3-7-14-12(13)18/h8,10H,2-7H2,1H3,(H3,13,14,18)/t8-,10?/m1/s1. The van der Waals surface area contributed by atoms with E-state index < -0.39 is 5.92 Å². The van der Waals surface area contributed by atoms with Crippen LogP contribution in [0.1, 0.15) is 32.6 Å². The largest absolute Gasteiger partial charge is 0.465 e. The molecule has 0 aliphatic heterocycles. The molecule has 18 heavy (non-hydrogen) atoms. The van der Waals surface area contributed by atoms with Crippen LogP contribution in [-0.4, -0.2) is 30.0 Å². The van der Waals surface area contributed by atoms with Crippen LogP contribution in [0.5, 0.6) is 0 Å². The molecular weight excluding hydrogens is 252 g/mol. The van der Waals surface area contributed by atoms with Crippen molar-refractivity contribution in [2.45, 2.75) is 32.6 Å². The fraction of sp³-hybridized carbons (Fsp3) is 0.750. The first-order valence-corrected chi connectivity index (χ1v) is 6.69. The highest BCUT2D eigenvalue weighted by atomic mass is 32.1. The fourth-order valence-corrected chi connectivity index (χ4v) is 2.46. The van der Waals surface area contributed by atoms with Crippen LogP contribution in [0.15, 0.2) is 0 Å². The minimum atomic E-state index is -0.560. The first kappa shape index (κ1) is 14.9. The van der Waals surface area contributed by atoms with Crippen LogP contribution in [0.2, 0.25) is 0 Å². The lowest BCUT2D eigenvalue weighted by atomic mass is 9.91. The van der Waals surface area contributed by atoms with E-state index in [4.69, 9.17) is 22.7 Å². The van der Waals surface area contributed by atoms with E-state index >= 15 is 0 Å². The lowest BCUT2D eigenvalue weighted by Crippen LogP contribution is -2.31. The van der Waals surface area contributed by atoms with Crippen molar-refractivity contribution in [3.05, 3.63) is 0 Å². The maximum Gasteiger partial charge on any atom is 0.316 e. The van der Waals surface area contributed by atoms with Gasteiger partial charge in [0.05, 0.1) is 6.61 Å². The Labute approximate surface area is 112 Å². The molecule has 1 aliphatic rings. The van der Waals surface area contributed by atoms with Gasteiger partial charge in [-0.05, 0) is 44.3 Å². The molecule has 1 fully saturated rings. The molecular formula is C12H20N2O3S. The SMILES string of the molecule is CCOC(=O)C1C(=O)CC[C@H]1CCCNC(N)=S. The second-order valence-electron chi connectivity index (χ2n) is 4.43. The second kappa shape index (κ2) is 7.31. The number of ether oxygens (including phenoxy) is 1. The Bertz CT molecular complexity index is 333. The predicted octanol–water partition coefficient (Wildman–Crippen LogP) is 0.758. The quantitative estimate of drug-likeness (QED) is 0.321. The summed E-state index contributed by atoms with van der Waals surface area (Å²) in [6.45, 7) is 2.74. The Balaban J connectivity index is 2.41. The summed E-state index contributed by atoms with van der Waals surface area (Å²) in [4.78, 5) is 23.4. The lowest BCUT2D eigenvalue weighted by molar-refractivity contribution is -0.152. The summed E-state index contributed by atoms with van der Waals surface area (Å²) >= 11 is 4.70. The third-order valence-electron chi connectivity index (χ3n) is 3.17. The molecule has 1 saturated carbocycles. The van der Waals surface area contributed by atoms with E-state index in [1.807, 2.05) is 0 Å². The molecule has 3 N–H and O–H groups in total. The van der Waals surface area contributed by atoms with Gasteiger partial charge in [0, 0.05) is 13.0 Å². The average Bonchev–Trinajstić information content (AvgIpc) is 2.66. The lowest BCUT2D eigenvalue weighted by Gasteiger charge is -2.16. The van der Waals surface area contributed by atoms with Crippen molar-refractivity contribution in [1.82, 2.24) is 5.32 Å². The van der Waals surface area contributed by atoms with Gasteiger partial charge in [-0.1, -0.05) is 0 Å². The predicted molar refractivity (Wildman–Crippen MR) is 71.9 cm³/mol. The van der Waals surface area contributed by atoms with Gasteiger partial charge in [0.25, 0.3) is 0 Å². The van der Waals surface area contributed by atoms with Gasteiger partial charge in [-0.3, -0.25) is 9.59 Å². The van der Waals surface area contributed by atoms with Gasteiger partial charge in [-0.2, -0.15) is 0 Å². The molecule has 1 unspecified atom stereocenters. The van der Waals surface area contributed by atoms with Crippen molar-refractivity contribution in [3.63, 3.8) is 0 Å². The Morgan fingerprint density at radius 1 is 1.61 bits per heavy atom. The summed E-state index contributed by atoms with van der Waals surface area (Å²) in [7, 11) is 0. The average molecular weight is 272 g/mol. The van der Waals surface area contributed by atoms with E-state index in [0.717, 1.165) is 19.3 Å². The first-order valence-electron chi connectivity index (χ1n) is 6.29.